The molecule has 0 aromatic heterocycles. The summed E-state index contributed by atoms with van der Waals surface area (Å²) < 4.78 is 41.2. The number of rotatable bonds is 9. The van der Waals surface area contributed by atoms with E-state index in [-0.39, 0.29) is 16.7 Å². The van der Waals surface area contributed by atoms with Crippen molar-refractivity contribution in [2.45, 2.75) is 36.4 Å². The Labute approximate surface area is 257 Å². The van der Waals surface area contributed by atoms with Gasteiger partial charge in [0.15, 0.2) is 21.0 Å². The third-order valence-electron chi connectivity index (χ3n) is 7.74. The lowest BCUT2D eigenvalue weighted by atomic mass is 10.00. The second kappa shape index (κ2) is 12.7. The first kappa shape index (κ1) is 31.1. The van der Waals surface area contributed by atoms with Gasteiger partial charge in [0, 0.05) is 30.0 Å². The molecule has 3 N–H and O–H groups in total. The largest absolute Gasteiger partial charge is 0.493 e. The first-order valence-corrected chi connectivity index (χ1v) is 16.7. The SMILES string of the molecule is COC(=O)Nc1ccc(S(=O)(=O)P)c([C@H]2CCCN2C(=O)[C@H](Nc2ccc3c(c2)C(=O)NC3)c2ccc(OC)c(OC)c2)c1. The number of nitrogens with one attached hydrogen (secondary N) is 3. The molecule has 3 aromatic carbocycles. The van der Waals surface area contributed by atoms with Crippen LogP contribution in [0.15, 0.2) is 59.5 Å². The van der Waals surface area contributed by atoms with Crippen molar-refractivity contribution in [2.75, 3.05) is 38.5 Å². The average molecular weight is 641 g/mol. The number of carbonyl (C=O) groups excluding carboxylic acids is 3. The number of hydrogen-bond donors (Lipinski definition) is 3. The summed E-state index contributed by atoms with van der Waals surface area (Å²) in [5.41, 5.74) is 3.22. The van der Waals surface area contributed by atoms with Gasteiger partial charge in [0.1, 0.15) is 6.04 Å². The minimum atomic E-state index is -3.77. The van der Waals surface area contributed by atoms with Gasteiger partial charge in [-0.25, -0.2) is 13.2 Å². The number of likely N-dealkylation sites (tertiary alicyclic amines) is 1. The molecular formula is C30H33N4O8PS. The molecule has 44 heavy (non-hydrogen) atoms. The van der Waals surface area contributed by atoms with Crippen LogP contribution in [-0.2, 0) is 25.5 Å². The Morgan fingerprint density at radius 3 is 2.45 bits per heavy atom. The summed E-state index contributed by atoms with van der Waals surface area (Å²) >= 11 is 0. The van der Waals surface area contributed by atoms with E-state index >= 15 is 0 Å². The van der Waals surface area contributed by atoms with Crippen molar-refractivity contribution in [2.24, 2.45) is 0 Å². The van der Waals surface area contributed by atoms with Crippen LogP contribution in [-0.4, -0.2) is 59.1 Å². The summed E-state index contributed by atoms with van der Waals surface area (Å²) in [6.45, 7) is 0.805. The molecule has 3 atom stereocenters. The normalized spacial score (nSPS) is 16.5. The van der Waals surface area contributed by atoms with E-state index in [0.29, 0.717) is 65.5 Å². The van der Waals surface area contributed by atoms with Gasteiger partial charge in [-0.1, -0.05) is 12.1 Å². The zero-order valence-electron chi connectivity index (χ0n) is 24.4. The molecule has 1 saturated heterocycles. The molecule has 3 amide bonds. The molecule has 0 bridgehead atoms. The van der Waals surface area contributed by atoms with Crippen LogP contribution in [0.2, 0.25) is 0 Å². The van der Waals surface area contributed by atoms with E-state index in [9.17, 15) is 22.8 Å². The Morgan fingerprint density at radius 1 is 1.00 bits per heavy atom. The smallest absolute Gasteiger partial charge is 0.411 e. The zero-order chi connectivity index (χ0) is 31.6. The quantitative estimate of drug-likeness (QED) is 0.292. The van der Waals surface area contributed by atoms with Gasteiger partial charge in [0.05, 0.1) is 32.3 Å². The molecule has 2 aliphatic rings. The molecule has 0 aliphatic carbocycles. The molecule has 0 radical (unpaired) electrons. The Morgan fingerprint density at radius 2 is 1.75 bits per heavy atom. The maximum absolute atomic E-state index is 14.5. The summed E-state index contributed by atoms with van der Waals surface area (Å²) in [5.74, 6) is 0.404. The lowest BCUT2D eigenvalue weighted by molar-refractivity contribution is -0.133. The molecule has 12 nitrogen and oxygen atoms in total. The summed E-state index contributed by atoms with van der Waals surface area (Å²) in [5, 5.41) is 8.68. The van der Waals surface area contributed by atoms with Gasteiger partial charge in [0.2, 0.25) is 5.91 Å². The summed E-state index contributed by atoms with van der Waals surface area (Å²) in [7, 11) is 2.33. The fraction of sp³-hybridized carbons (Fsp3) is 0.300. The van der Waals surface area contributed by atoms with Crippen LogP contribution in [0.1, 0.15) is 52.0 Å². The molecule has 2 heterocycles. The van der Waals surface area contributed by atoms with Crippen LogP contribution in [0.25, 0.3) is 0 Å². The van der Waals surface area contributed by atoms with Crippen LogP contribution in [0.3, 0.4) is 0 Å². The van der Waals surface area contributed by atoms with Gasteiger partial charge in [-0.3, -0.25) is 14.9 Å². The Kier molecular flexibility index (Phi) is 8.98. The van der Waals surface area contributed by atoms with Gasteiger partial charge in [-0.05, 0) is 80.4 Å². The van der Waals surface area contributed by atoms with Crippen molar-refractivity contribution in [3.63, 3.8) is 0 Å². The first-order valence-electron chi connectivity index (χ1n) is 13.8. The monoisotopic (exact) mass is 640 g/mol. The fourth-order valence-corrected chi connectivity index (χ4v) is 7.05. The molecule has 0 saturated carbocycles. The van der Waals surface area contributed by atoms with E-state index in [1.807, 2.05) is 20.6 Å². The third kappa shape index (κ3) is 6.29. The second-order valence-electron chi connectivity index (χ2n) is 10.4. The Bertz CT molecular complexity index is 1730. The maximum atomic E-state index is 14.5. The molecule has 5 rings (SSSR count). The van der Waals surface area contributed by atoms with Crippen molar-refractivity contribution in [1.82, 2.24) is 10.2 Å². The van der Waals surface area contributed by atoms with Crippen LogP contribution in [0.5, 0.6) is 11.5 Å². The number of amides is 3. The Hall–Kier alpha value is -4.35. The zero-order valence-corrected chi connectivity index (χ0v) is 26.3. The number of anilines is 2. The van der Waals surface area contributed by atoms with Crippen LogP contribution in [0, 0.1) is 0 Å². The molecular weight excluding hydrogens is 607 g/mol. The van der Waals surface area contributed by atoms with E-state index in [4.69, 9.17) is 14.2 Å². The first-order chi connectivity index (χ1) is 21.0. The van der Waals surface area contributed by atoms with E-state index in [1.165, 1.54) is 33.5 Å². The lowest BCUT2D eigenvalue weighted by Crippen LogP contribution is -2.38. The number of fused-ring (bicyclic) bond motifs is 1. The number of carbonyl (C=O) groups is 3. The molecule has 1 fully saturated rings. The van der Waals surface area contributed by atoms with Gasteiger partial charge in [0.25, 0.3) is 5.91 Å². The van der Waals surface area contributed by atoms with Gasteiger partial charge in [-0.2, -0.15) is 0 Å². The van der Waals surface area contributed by atoms with E-state index in [1.54, 1.807) is 35.2 Å². The molecule has 3 aromatic rings. The molecule has 0 spiro atoms. The maximum Gasteiger partial charge on any atom is 0.411 e. The van der Waals surface area contributed by atoms with E-state index in [0.717, 1.165) is 5.56 Å². The predicted octanol–water partition coefficient (Wildman–Crippen LogP) is 4.21. The minimum Gasteiger partial charge on any atom is -0.493 e. The second-order valence-corrected chi connectivity index (χ2v) is 13.7. The topological polar surface area (TPSA) is 152 Å². The number of ether oxygens (including phenoxy) is 3. The standard InChI is InChI=1S/C30H33N4O8PS/c1-40-24-10-7-17(13-25(24)41-2)27(32-19-8-6-18-16-31-28(35)21(18)14-19)29(36)34-12-4-5-23(34)22-15-20(33-30(37)42-3)9-11-26(22)44(38,39)43/h6-11,13-15,23,27,32H,4-5,12,16,43H2,1-3H3,(H,31,35)(H,33,37)/t23-,27-/m1/s1. The fourth-order valence-electron chi connectivity index (χ4n) is 5.62. The molecule has 1 unspecified atom stereocenters. The number of methoxy groups -OCH3 is 3. The highest BCUT2D eigenvalue weighted by molar-refractivity contribution is 8.37. The van der Waals surface area contributed by atoms with Gasteiger partial charge in [-0.15, -0.1) is 0 Å². The highest BCUT2D eigenvalue weighted by Crippen LogP contribution is 2.41. The number of nitrogens with zero attached hydrogens (tertiary/aromatic N) is 1. The molecule has 232 valence electrons. The van der Waals surface area contributed by atoms with Crippen molar-refractivity contribution in [1.29, 1.82) is 0 Å². The average Bonchev–Trinajstić information content (AvgIpc) is 3.65. The summed E-state index contributed by atoms with van der Waals surface area (Å²) in [6.07, 6.45) is 0.412. The van der Waals surface area contributed by atoms with Crippen molar-refractivity contribution in [3.05, 3.63) is 76.9 Å². The molecule has 14 heteroatoms. The third-order valence-corrected chi connectivity index (χ3v) is 9.48. The number of hydrogen-bond acceptors (Lipinski definition) is 9. The van der Waals surface area contributed by atoms with Crippen molar-refractivity contribution >= 4 is 47.2 Å². The number of benzene rings is 3. The summed E-state index contributed by atoms with van der Waals surface area (Å²) in [4.78, 5) is 40.5. The highest BCUT2D eigenvalue weighted by Gasteiger charge is 2.37. The van der Waals surface area contributed by atoms with Crippen LogP contribution < -0.4 is 25.4 Å². The van der Waals surface area contributed by atoms with Crippen molar-refractivity contribution < 1.29 is 37.0 Å². The van der Waals surface area contributed by atoms with Gasteiger partial charge >= 0.3 is 6.09 Å². The predicted molar refractivity (Wildman–Crippen MR) is 167 cm³/mol. The summed E-state index contributed by atoms with van der Waals surface area (Å²) in [6, 6.07) is 13.4. The minimum absolute atomic E-state index is 0.0304. The van der Waals surface area contributed by atoms with Gasteiger partial charge < -0.3 is 29.7 Å². The molecule has 2 aliphatic heterocycles. The van der Waals surface area contributed by atoms with Crippen LogP contribution >= 0.6 is 8.44 Å². The highest BCUT2D eigenvalue weighted by atomic mass is 32.7. The lowest BCUT2D eigenvalue weighted by Gasteiger charge is -2.31. The van der Waals surface area contributed by atoms with Crippen molar-refractivity contribution in [3.8, 4) is 11.5 Å². The van der Waals surface area contributed by atoms with E-state index < -0.39 is 27.6 Å². The van der Waals surface area contributed by atoms with Crippen LogP contribution in [0.4, 0.5) is 16.2 Å². The van der Waals surface area contributed by atoms with E-state index in [2.05, 4.69) is 16.0 Å². The Balaban J connectivity index is 1.56.